The molecule has 152 valence electrons. The van der Waals surface area contributed by atoms with Crippen LogP contribution in [0.25, 0.3) is 0 Å². The number of halogens is 3. The molecule has 0 saturated heterocycles. The largest absolute Gasteiger partial charge is 0.480 e. The molecule has 1 unspecified atom stereocenters. The Morgan fingerprint density at radius 3 is 2.04 bits per heavy atom. The third-order valence-electron chi connectivity index (χ3n) is 4.02. The molecule has 0 bridgehead atoms. The third kappa shape index (κ3) is 4.46. The zero-order valence-corrected chi connectivity index (χ0v) is 16.3. The van der Waals surface area contributed by atoms with Gasteiger partial charge in [0.15, 0.2) is 0 Å². The number of aliphatic carboxylic acids is 1. The first-order chi connectivity index (χ1) is 12.8. The van der Waals surface area contributed by atoms with Gasteiger partial charge in [0.05, 0.1) is 16.1 Å². The average molecular weight is 415 g/mol. The highest BCUT2D eigenvalue weighted by Crippen LogP contribution is 2.37. The minimum atomic E-state index is -4.71. The summed E-state index contributed by atoms with van der Waals surface area (Å²) < 4.78 is 66.6. The molecule has 0 amide bonds. The van der Waals surface area contributed by atoms with Crippen molar-refractivity contribution >= 4 is 21.7 Å². The Bertz CT molecular complexity index is 951. The minimum absolute atomic E-state index is 0.220. The Morgan fingerprint density at radius 2 is 1.57 bits per heavy atom. The number of carboxylic acids is 1. The van der Waals surface area contributed by atoms with Gasteiger partial charge in [0.1, 0.15) is 6.04 Å². The van der Waals surface area contributed by atoms with Gasteiger partial charge in [0.2, 0.25) is 0 Å². The monoisotopic (exact) mass is 415 g/mol. The lowest BCUT2D eigenvalue weighted by Crippen LogP contribution is -2.52. The summed E-state index contributed by atoms with van der Waals surface area (Å²) in [4.78, 5) is 11.8. The van der Waals surface area contributed by atoms with Crippen LogP contribution in [-0.2, 0) is 21.0 Å². The SMILES string of the molecule is CC(C)(C)C(C(=O)O)N(c1cccc(C(F)(F)F)c1)S(=O)(=O)c1ccccc1. The van der Waals surface area contributed by atoms with Crippen LogP contribution >= 0.6 is 0 Å². The van der Waals surface area contributed by atoms with Gasteiger partial charge in [-0.2, -0.15) is 13.2 Å². The maximum absolute atomic E-state index is 13.3. The molecule has 2 rings (SSSR count). The highest BCUT2D eigenvalue weighted by atomic mass is 32.2. The molecule has 5 nitrogen and oxygen atoms in total. The molecule has 28 heavy (non-hydrogen) atoms. The van der Waals surface area contributed by atoms with Crippen LogP contribution in [0, 0.1) is 5.41 Å². The molecule has 0 aliphatic heterocycles. The summed E-state index contributed by atoms with van der Waals surface area (Å²) in [6.07, 6.45) is -4.71. The van der Waals surface area contributed by atoms with Crippen LogP contribution < -0.4 is 4.31 Å². The standard InChI is InChI=1S/C19H20F3NO4S/c1-18(2,3)16(17(24)25)23(28(26,27)15-10-5-4-6-11-15)14-9-7-8-13(12-14)19(20,21)22/h4-12,16H,1-3H3,(H,24,25). The molecular formula is C19H20F3NO4S. The molecule has 1 N–H and O–H groups in total. The first-order valence-corrected chi connectivity index (χ1v) is 9.70. The molecule has 0 aliphatic carbocycles. The summed E-state index contributed by atoms with van der Waals surface area (Å²) in [6, 6.07) is 8.99. The number of hydrogen-bond acceptors (Lipinski definition) is 3. The topological polar surface area (TPSA) is 74.7 Å². The van der Waals surface area contributed by atoms with E-state index in [0.29, 0.717) is 10.4 Å². The van der Waals surface area contributed by atoms with Crippen molar-refractivity contribution < 1.29 is 31.5 Å². The molecule has 0 fully saturated rings. The van der Waals surface area contributed by atoms with Crippen molar-refractivity contribution in [2.45, 2.75) is 37.9 Å². The molecule has 0 aliphatic rings. The highest BCUT2D eigenvalue weighted by Gasteiger charge is 2.44. The molecule has 0 radical (unpaired) electrons. The summed E-state index contributed by atoms with van der Waals surface area (Å²) in [5.41, 5.74) is -2.56. The number of carbonyl (C=O) groups is 1. The number of carboxylic acid groups (broad SMARTS) is 1. The first-order valence-electron chi connectivity index (χ1n) is 8.26. The van der Waals surface area contributed by atoms with E-state index in [1.807, 2.05) is 0 Å². The normalized spacial score (nSPS) is 13.8. The number of alkyl halides is 3. The Hall–Kier alpha value is -2.55. The van der Waals surface area contributed by atoms with Crippen molar-refractivity contribution in [3.05, 3.63) is 60.2 Å². The van der Waals surface area contributed by atoms with Crippen LogP contribution in [0.3, 0.4) is 0 Å². The minimum Gasteiger partial charge on any atom is -0.480 e. The first kappa shape index (κ1) is 21.7. The molecule has 9 heteroatoms. The number of benzene rings is 2. The summed E-state index contributed by atoms with van der Waals surface area (Å²) in [6.45, 7) is 4.52. The van der Waals surface area contributed by atoms with Crippen molar-refractivity contribution in [2.24, 2.45) is 5.41 Å². The number of anilines is 1. The summed E-state index contributed by atoms with van der Waals surface area (Å²) in [5.74, 6) is -1.47. The second kappa shape index (κ2) is 7.46. The van der Waals surface area contributed by atoms with E-state index in [-0.39, 0.29) is 10.6 Å². The Morgan fingerprint density at radius 1 is 1.00 bits per heavy atom. The molecule has 0 heterocycles. The van der Waals surface area contributed by atoms with E-state index in [4.69, 9.17) is 0 Å². The Balaban J connectivity index is 2.79. The van der Waals surface area contributed by atoms with Crippen molar-refractivity contribution in [1.29, 1.82) is 0 Å². The maximum Gasteiger partial charge on any atom is 0.416 e. The van der Waals surface area contributed by atoms with E-state index in [0.717, 1.165) is 18.2 Å². The van der Waals surface area contributed by atoms with E-state index in [2.05, 4.69) is 0 Å². The maximum atomic E-state index is 13.3. The van der Waals surface area contributed by atoms with Crippen molar-refractivity contribution in [1.82, 2.24) is 0 Å². The van der Waals surface area contributed by atoms with Gasteiger partial charge in [-0.25, -0.2) is 13.2 Å². The molecule has 0 saturated carbocycles. The van der Waals surface area contributed by atoms with Gasteiger partial charge in [-0.05, 0) is 35.7 Å². The van der Waals surface area contributed by atoms with E-state index >= 15 is 0 Å². The molecule has 2 aromatic rings. The van der Waals surface area contributed by atoms with Crippen LogP contribution in [0.2, 0.25) is 0 Å². The van der Waals surface area contributed by atoms with Gasteiger partial charge in [0, 0.05) is 0 Å². The van der Waals surface area contributed by atoms with Crippen LogP contribution in [0.1, 0.15) is 26.3 Å². The highest BCUT2D eigenvalue weighted by molar-refractivity contribution is 7.93. The van der Waals surface area contributed by atoms with Crippen LogP contribution in [0.5, 0.6) is 0 Å². The summed E-state index contributed by atoms with van der Waals surface area (Å²) in [5, 5.41) is 9.75. The zero-order valence-electron chi connectivity index (χ0n) is 15.4. The van der Waals surface area contributed by atoms with Gasteiger partial charge in [-0.15, -0.1) is 0 Å². The average Bonchev–Trinajstić information content (AvgIpc) is 2.58. The molecular weight excluding hydrogens is 395 g/mol. The number of hydrogen-bond donors (Lipinski definition) is 1. The quantitative estimate of drug-likeness (QED) is 0.786. The molecule has 0 aromatic heterocycles. The Labute approximate surface area is 161 Å². The fourth-order valence-corrected chi connectivity index (χ4v) is 4.58. The van der Waals surface area contributed by atoms with Crippen molar-refractivity contribution in [2.75, 3.05) is 4.31 Å². The molecule has 0 spiro atoms. The van der Waals surface area contributed by atoms with Crippen molar-refractivity contribution in [3.8, 4) is 0 Å². The van der Waals surface area contributed by atoms with Crippen LogP contribution in [0.4, 0.5) is 18.9 Å². The third-order valence-corrected chi connectivity index (χ3v) is 5.82. The lowest BCUT2D eigenvalue weighted by molar-refractivity contribution is -0.140. The predicted octanol–water partition coefficient (Wildman–Crippen LogP) is 4.40. The summed E-state index contributed by atoms with van der Waals surface area (Å²) >= 11 is 0. The fraction of sp³-hybridized carbons (Fsp3) is 0.316. The lowest BCUT2D eigenvalue weighted by atomic mass is 9.86. The predicted molar refractivity (Wildman–Crippen MR) is 98.4 cm³/mol. The Kier molecular flexibility index (Phi) is 5.79. The zero-order chi connectivity index (χ0) is 21.3. The number of nitrogens with zero attached hydrogens (tertiary/aromatic N) is 1. The van der Waals surface area contributed by atoms with Crippen LogP contribution in [0.15, 0.2) is 59.5 Å². The second-order valence-electron chi connectivity index (χ2n) is 7.27. The van der Waals surface area contributed by atoms with Crippen molar-refractivity contribution in [3.63, 3.8) is 0 Å². The number of sulfonamides is 1. The smallest absolute Gasteiger partial charge is 0.416 e. The van der Waals surface area contributed by atoms with Gasteiger partial charge in [-0.1, -0.05) is 45.0 Å². The van der Waals surface area contributed by atoms with Gasteiger partial charge < -0.3 is 5.11 Å². The van der Waals surface area contributed by atoms with E-state index < -0.39 is 39.2 Å². The lowest BCUT2D eigenvalue weighted by Gasteiger charge is -2.38. The van der Waals surface area contributed by atoms with E-state index in [1.165, 1.54) is 45.0 Å². The molecule has 1 atom stereocenters. The van der Waals surface area contributed by atoms with E-state index in [1.54, 1.807) is 6.07 Å². The van der Waals surface area contributed by atoms with Crippen LogP contribution in [-0.4, -0.2) is 25.5 Å². The van der Waals surface area contributed by atoms with Gasteiger partial charge in [0.25, 0.3) is 10.0 Å². The number of rotatable bonds is 5. The second-order valence-corrected chi connectivity index (χ2v) is 9.08. The van der Waals surface area contributed by atoms with E-state index in [9.17, 15) is 31.5 Å². The molecule has 2 aromatic carbocycles. The summed E-state index contributed by atoms with van der Waals surface area (Å²) in [7, 11) is -4.46. The van der Waals surface area contributed by atoms with Gasteiger partial charge in [-0.3, -0.25) is 4.31 Å². The van der Waals surface area contributed by atoms with Gasteiger partial charge >= 0.3 is 12.1 Å². The fourth-order valence-electron chi connectivity index (χ4n) is 2.77.